The van der Waals surface area contributed by atoms with Gasteiger partial charge in [-0.05, 0) is 80.0 Å². The van der Waals surface area contributed by atoms with Gasteiger partial charge in [0.1, 0.15) is 7.85 Å². The number of benzene rings is 8. The van der Waals surface area contributed by atoms with Crippen LogP contribution in [0.25, 0.3) is 33.0 Å². The van der Waals surface area contributed by atoms with E-state index in [9.17, 15) is 0 Å². The predicted molar refractivity (Wildman–Crippen MR) is 207 cm³/mol. The third kappa shape index (κ3) is 4.71. The summed E-state index contributed by atoms with van der Waals surface area (Å²) < 4.78 is 0. The third-order valence-corrected chi connectivity index (χ3v) is 10.1. The van der Waals surface area contributed by atoms with Gasteiger partial charge in [0.05, 0.1) is 11.1 Å². The van der Waals surface area contributed by atoms with E-state index in [4.69, 9.17) is 7.85 Å². The standard InChI is InChI=1S/C47H32BN/c48-38-26-23-34(24-27-38)41-19-10-12-22-46(41)49(39-28-25-33-13-7-8-14-35(33)31-39)40-29-30-43-42-20-9-11-21-44(42)47(45(43)32-40,36-15-3-1-4-16-36)37-17-5-2-6-18-37/h1-32H. The highest BCUT2D eigenvalue weighted by molar-refractivity contribution is 6.32. The van der Waals surface area contributed by atoms with Gasteiger partial charge in [0, 0.05) is 16.9 Å². The highest BCUT2D eigenvalue weighted by Crippen LogP contribution is 2.57. The fourth-order valence-corrected chi connectivity index (χ4v) is 7.89. The third-order valence-electron chi connectivity index (χ3n) is 10.1. The molecule has 0 saturated carbocycles. The summed E-state index contributed by atoms with van der Waals surface area (Å²) in [5.74, 6) is 0. The molecule has 1 aliphatic carbocycles. The van der Waals surface area contributed by atoms with Crippen molar-refractivity contribution in [3.8, 4) is 22.3 Å². The average Bonchev–Trinajstić information content (AvgIpc) is 3.47. The van der Waals surface area contributed by atoms with Crippen LogP contribution in [0.3, 0.4) is 0 Å². The van der Waals surface area contributed by atoms with Crippen molar-refractivity contribution in [3.05, 3.63) is 216 Å². The maximum absolute atomic E-state index is 6.14. The molecular weight excluding hydrogens is 589 g/mol. The van der Waals surface area contributed by atoms with Crippen LogP contribution in [0.4, 0.5) is 17.1 Å². The van der Waals surface area contributed by atoms with Gasteiger partial charge in [0.15, 0.2) is 0 Å². The molecule has 1 aliphatic rings. The van der Waals surface area contributed by atoms with Crippen molar-refractivity contribution in [2.24, 2.45) is 0 Å². The molecule has 0 aliphatic heterocycles. The Bertz CT molecular complexity index is 2410. The lowest BCUT2D eigenvalue weighted by atomic mass is 9.67. The molecule has 1 nitrogen and oxygen atoms in total. The largest absolute Gasteiger partial charge is 0.310 e. The molecule has 0 N–H and O–H groups in total. The number of fused-ring (bicyclic) bond motifs is 4. The predicted octanol–water partition coefficient (Wildman–Crippen LogP) is 11.1. The van der Waals surface area contributed by atoms with Gasteiger partial charge in [0.25, 0.3) is 0 Å². The number of nitrogens with zero attached hydrogens (tertiary/aromatic N) is 1. The maximum atomic E-state index is 6.14. The lowest BCUT2D eigenvalue weighted by Crippen LogP contribution is -2.28. The summed E-state index contributed by atoms with van der Waals surface area (Å²) in [4.78, 5) is 2.42. The monoisotopic (exact) mass is 621 g/mol. The molecule has 2 radical (unpaired) electrons. The van der Waals surface area contributed by atoms with Crippen LogP contribution in [0.1, 0.15) is 22.3 Å². The van der Waals surface area contributed by atoms with Crippen LogP contribution in [0.2, 0.25) is 0 Å². The fourth-order valence-electron chi connectivity index (χ4n) is 7.89. The zero-order chi connectivity index (χ0) is 32.8. The molecule has 2 heteroatoms. The number of para-hydroxylation sites is 1. The lowest BCUT2D eigenvalue weighted by Gasteiger charge is -2.35. The van der Waals surface area contributed by atoms with E-state index in [-0.39, 0.29) is 0 Å². The lowest BCUT2D eigenvalue weighted by molar-refractivity contribution is 0.768. The molecule has 0 unspecified atom stereocenters. The number of rotatable bonds is 6. The van der Waals surface area contributed by atoms with E-state index in [2.05, 4.69) is 187 Å². The molecular formula is C47H32BN. The highest BCUT2D eigenvalue weighted by Gasteiger charge is 2.46. The van der Waals surface area contributed by atoms with E-state index in [1.807, 2.05) is 12.1 Å². The smallest absolute Gasteiger partial charge is 0.113 e. The molecule has 0 aromatic heterocycles. The molecule has 49 heavy (non-hydrogen) atoms. The summed E-state index contributed by atoms with van der Waals surface area (Å²) in [6.07, 6.45) is 0. The van der Waals surface area contributed by atoms with Crippen LogP contribution in [0.5, 0.6) is 0 Å². The summed E-state index contributed by atoms with van der Waals surface area (Å²) in [6, 6.07) is 70.2. The second-order valence-corrected chi connectivity index (χ2v) is 12.8. The molecule has 228 valence electrons. The quantitative estimate of drug-likeness (QED) is 0.167. The summed E-state index contributed by atoms with van der Waals surface area (Å²) in [5.41, 5.74) is 13.4. The summed E-state index contributed by atoms with van der Waals surface area (Å²) in [6.45, 7) is 0. The molecule has 0 amide bonds. The van der Waals surface area contributed by atoms with Crippen LogP contribution in [0, 0.1) is 0 Å². The summed E-state index contributed by atoms with van der Waals surface area (Å²) >= 11 is 0. The molecule has 0 spiro atoms. The topological polar surface area (TPSA) is 3.24 Å². The van der Waals surface area contributed by atoms with Gasteiger partial charge in [-0.2, -0.15) is 0 Å². The Hall–Kier alpha value is -6.12. The number of anilines is 3. The Labute approximate surface area is 289 Å². The second kappa shape index (κ2) is 11.8. The minimum atomic E-state index is -0.490. The normalized spacial score (nSPS) is 12.7. The first-order valence-electron chi connectivity index (χ1n) is 16.8. The molecule has 0 fully saturated rings. The molecule has 0 bridgehead atoms. The van der Waals surface area contributed by atoms with Crippen LogP contribution in [-0.2, 0) is 5.41 Å². The number of hydrogen-bond acceptors (Lipinski definition) is 1. The van der Waals surface area contributed by atoms with E-state index in [0.29, 0.717) is 0 Å². The molecule has 8 aromatic carbocycles. The van der Waals surface area contributed by atoms with Crippen LogP contribution in [0.15, 0.2) is 194 Å². The average molecular weight is 622 g/mol. The van der Waals surface area contributed by atoms with Gasteiger partial charge in [-0.3, -0.25) is 0 Å². The first-order chi connectivity index (χ1) is 24.2. The minimum absolute atomic E-state index is 0.490. The first kappa shape index (κ1) is 29.1. The van der Waals surface area contributed by atoms with Crippen LogP contribution in [-0.4, -0.2) is 7.85 Å². The van der Waals surface area contributed by atoms with E-state index < -0.39 is 5.41 Å². The van der Waals surface area contributed by atoms with Crippen molar-refractivity contribution in [2.75, 3.05) is 4.90 Å². The Morgan fingerprint density at radius 2 is 0.939 bits per heavy atom. The number of hydrogen-bond donors (Lipinski definition) is 0. The first-order valence-corrected chi connectivity index (χ1v) is 16.8. The Balaban J connectivity index is 1.34. The molecule has 0 saturated heterocycles. The van der Waals surface area contributed by atoms with E-state index in [0.717, 1.165) is 33.7 Å². The van der Waals surface area contributed by atoms with Crippen molar-refractivity contribution in [3.63, 3.8) is 0 Å². The van der Waals surface area contributed by atoms with Gasteiger partial charge in [0.2, 0.25) is 0 Å². The van der Waals surface area contributed by atoms with Crippen molar-refractivity contribution in [1.82, 2.24) is 0 Å². The fraction of sp³-hybridized carbons (Fsp3) is 0.0213. The van der Waals surface area contributed by atoms with Crippen molar-refractivity contribution in [2.45, 2.75) is 5.41 Å². The zero-order valence-electron chi connectivity index (χ0n) is 27.0. The second-order valence-electron chi connectivity index (χ2n) is 12.8. The highest BCUT2D eigenvalue weighted by atomic mass is 15.1. The molecule has 0 heterocycles. The van der Waals surface area contributed by atoms with Gasteiger partial charge in [-0.15, -0.1) is 0 Å². The Kier molecular flexibility index (Phi) is 7.02. The van der Waals surface area contributed by atoms with Gasteiger partial charge >= 0.3 is 0 Å². The SMILES string of the molecule is [B]c1ccc(-c2ccccc2N(c2ccc3c(c2)C(c2ccccc2)(c2ccccc2)c2ccccc2-3)c2ccc3ccccc3c2)cc1. The van der Waals surface area contributed by atoms with Gasteiger partial charge in [-0.25, -0.2) is 0 Å². The summed E-state index contributed by atoms with van der Waals surface area (Å²) in [5, 5.41) is 2.42. The van der Waals surface area contributed by atoms with Gasteiger partial charge in [-0.1, -0.05) is 169 Å². The Morgan fingerprint density at radius 1 is 0.388 bits per heavy atom. The summed E-state index contributed by atoms with van der Waals surface area (Å²) in [7, 11) is 6.14. The molecule has 8 aromatic rings. The van der Waals surface area contributed by atoms with Crippen LogP contribution < -0.4 is 10.4 Å². The zero-order valence-corrected chi connectivity index (χ0v) is 27.0. The molecule has 0 atom stereocenters. The maximum Gasteiger partial charge on any atom is 0.113 e. The van der Waals surface area contributed by atoms with Crippen molar-refractivity contribution in [1.29, 1.82) is 0 Å². The van der Waals surface area contributed by atoms with Crippen molar-refractivity contribution >= 4 is 41.1 Å². The van der Waals surface area contributed by atoms with Crippen LogP contribution >= 0.6 is 0 Å². The molecule has 9 rings (SSSR count). The van der Waals surface area contributed by atoms with E-state index in [1.54, 1.807) is 0 Å². The van der Waals surface area contributed by atoms with Crippen molar-refractivity contribution < 1.29 is 0 Å². The van der Waals surface area contributed by atoms with Gasteiger partial charge < -0.3 is 4.90 Å². The van der Waals surface area contributed by atoms with E-state index in [1.165, 1.54) is 44.2 Å². The minimum Gasteiger partial charge on any atom is -0.310 e. The Morgan fingerprint density at radius 3 is 1.67 bits per heavy atom. The van der Waals surface area contributed by atoms with E-state index >= 15 is 0 Å².